The molecule has 0 radical (unpaired) electrons. The lowest BCUT2D eigenvalue weighted by Gasteiger charge is -2.43. The van der Waals surface area contributed by atoms with Gasteiger partial charge in [0.15, 0.2) is 0 Å². The maximum absolute atomic E-state index is 11.5. The van der Waals surface area contributed by atoms with Gasteiger partial charge in [0.25, 0.3) is 0 Å². The number of fused-ring (bicyclic) bond motifs is 1. The van der Waals surface area contributed by atoms with Crippen LogP contribution in [0, 0.1) is 5.92 Å². The van der Waals surface area contributed by atoms with E-state index in [0.717, 1.165) is 25.8 Å². The standard InChI is InChI=1S/C10H17NO2/c12-7-8-4-5-10(13)11-6-2-1-3-9(8)11/h8-9,12H,1-7H2/t8-,9-/m1/s1. The average Bonchev–Trinajstić information content (AvgIpc) is 2.19. The number of hydrogen-bond acceptors (Lipinski definition) is 2. The van der Waals surface area contributed by atoms with Gasteiger partial charge in [0.1, 0.15) is 0 Å². The number of piperidine rings is 2. The summed E-state index contributed by atoms with van der Waals surface area (Å²) in [6.07, 6.45) is 4.97. The molecule has 0 aromatic rings. The zero-order valence-electron chi connectivity index (χ0n) is 7.91. The van der Waals surface area contributed by atoms with E-state index in [0.29, 0.717) is 24.3 Å². The molecule has 0 spiro atoms. The van der Waals surface area contributed by atoms with Crippen LogP contribution in [-0.2, 0) is 4.79 Å². The monoisotopic (exact) mass is 183 g/mol. The summed E-state index contributed by atoms with van der Waals surface area (Å²) in [5, 5.41) is 9.18. The Morgan fingerprint density at radius 1 is 1.38 bits per heavy atom. The number of nitrogens with zero attached hydrogens (tertiary/aromatic N) is 1. The molecule has 0 aromatic carbocycles. The Kier molecular flexibility index (Phi) is 2.54. The fourth-order valence-corrected chi connectivity index (χ4v) is 2.61. The van der Waals surface area contributed by atoms with E-state index >= 15 is 0 Å². The molecule has 2 heterocycles. The summed E-state index contributed by atoms with van der Waals surface area (Å²) in [6.45, 7) is 1.16. The molecule has 74 valence electrons. The van der Waals surface area contributed by atoms with Gasteiger partial charge < -0.3 is 10.0 Å². The third kappa shape index (κ3) is 1.57. The van der Waals surface area contributed by atoms with Crippen molar-refractivity contribution in [3.8, 4) is 0 Å². The summed E-state index contributed by atoms with van der Waals surface area (Å²) < 4.78 is 0. The Hall–Kier alpha value is -0.570. The summed E-state index contributed by atoms with van der Waals surface area (Å²) >= 11 is 0. The van der Waals surface area contributed by atoms with Crippen LogP contribution < -0.4 is 0 Å². The lowest BCUT2D eigenvalue weighted by molar-refractivity contribution is -0.141. The van der Waals surface area contributed by atoms with Gasteiger partial charge in [-0.15, -0.1) is 0 Å². The zero-order chi connectivity index (χ0) is 9.26. The molecule has 3 nitrogen and oxygen atoms in total. The van der Waals surface area contributed by atoms with Gasteiger partial charge in [-0.3, -0.25) is 4.79 Å². The van der Waals surface area contributed by atoms with E-state index in [4.69, 9.17) is 0 Å². The first kappa shape index (κ1) is 9.00. The van der Waals surface area contributed by atoms with Crippen molar-refractivity contribution in [1.29, 1.82) is 0 Å². The van der Waals surface area contributed by atoms with Crippen LogP contribution >= 0.6 is 0 Å². The first-order valence-corrected chi connectivity index (χ1v) is 5.23. The molecular weight excluding hydrogens is 166 g/mol. The molecule has 3 heteroatoms. The van der Waals surface area contributed by atoms with Gasteiger partial charge in [-0.1, -0.05) is 0 Å². The van der Waals surface area contributed by atoms with E-state index < -0.39 is 0 Å². The Balaban J connectivity index is 2.09. The molecule has 13 heavy (non-hydrogen) atoms. The van der Waals surface area contributed by atoms with Gasteiger partial charge in [0, 0.05) is 31.5 Å². The predicted octanol–water partition coefficient (Wildman–Crippen LogP) is 0.770. The number of aliphatic hydroxyl groups is 1. The van der Waals surface area contributed by atoms with Crippen molar-refractivity contribution in [3.63, 3.8) is 0 Å². The van der Waals surface area contributed by atoms with Crippen LogP contribution in [0.2, 0.25) is 0 Å². The van der Waals surface area contributed by atoms with Crippen molar-refractivity contribution in [1.82, 2.24) is 4.90 Å². The molecule has 0 bridgehead atoms. The average molecular weight is 183 g/mol. The summed E-state index contributed by atoms with van der Waals surface area (Å²) in [6, 6.07) is 0.347. The summed E-state index contributed by atoms with van der Waals surface area (Å²) in [7, 11) is 0. The molecule has 2 aliphatic rings. The van der Waals surface area contributed by atoms with Gasteiger partial charge in [0.2, 0.25) is 5.91 Å². The Labute approximate surface area is 78.7 Å². The number of hydrogen-bond donors (Lipinski definition) is 1. The van der Waals surface area contributed by atoms with E-state index in [1.807, 2.05) is 4.90 Å². The van der Waals surface area contributed by atoms with Crippen LogP contribution in [0.1, 0.15) is 32.1 Å². The fraction of sp³-hybridized carbons (Fsp3) is 0.900. The first-order valence-electron chi connectivity index (χ1n) is 5.23. The van der Waals surface area contributed by atoms with Gasteiger partial charge >= 0.3 is 0 Å². The molecule has 2 atom stereocenters. The van der Waals surface area contributed by atoms with Gasteiger partial charge in [-0.2, -0.15) is 0 Å². The molecule has 1 N–H and O–H groups in total. The molecular formula is C10H17NO2. The maximum Gasteiger partial charge on any atom is 0.222 e. The lowest BCUT2D eigenvalue weighted by Crippen LogP contribution is -2.51. The highest BCUT2D eigenvalue weighted by Crippen LogP contribution is 2.30. The van der Waals surface area contributed by atoms with Crippen LogP contribution in [0.5, 0.6) is 0 Å². The highest BCUT2D eigenvalue weighted by Gasteiger charge is 2.36. The number of aliphatic hydroxyl groups excluding tert-OH is 1. The normalized spacial score (nSPS) is 34.5. The zero-order valence-corrected chi connectivity index (χ0v) is 7.91. The third-order valence-electron chi connectivity index (χ3n) is 3.38. The third-order valence-corrected chi connectivity index (χ3v) is 3.38. The van der Waals surface area contributed by atoms with Gasteiger partial charge in [-0.05, 0) is 25.7 Å². The van der Waals surface area contributed by atoms with Crippen LogP contribution in [-0.4, -0.2) is 35.1 Å². The van der Waals surface area contributed by atoms with Crippen molar-refractivity contribution in [2.75, 3.05) is 13.2 Å². The van der Waals surface area contributed by atoms with Crippen LogP contribution in [0.3, 0.4) is 0 Å². The topological polar surface area (TPSA) is 40.5 Å². The maximum atomic E-state index is 11.5. The molecule has 2 fully saturated rings. The smallest absolute Gasteiger partial charge is 0.222 e. The number of amides is 1. The molecule has 0 aliphatic carbocycles. The number of carbonyl (C=O) groups is 1. The number of rotatable bonds is 1. The Morgan fingerprint density at radius 2 is 2.23 bits per heavy atom. The minimum atomic E-state index is 0.244. The van der Waals surface area contributed by atoms with Crippen molar-refractivity contribution >= 4 is 5.91 Å². The van der Waals surface area contributed by atoms with E-state index in [-0.39, 0.29) is 6.61 Å². The second kappa shape index (κ2) is 3.66. The van der Waals surface area contributed by atoms with E-state index in [9.17, 15) is 9.90 Å². The van der Waals surface area contributed by atoms with Crippen molar-refractivity contribution in [3.05, 3.63) is 0 Å². The molecule has 2 saturated heterocycles. The summed E-state index contributed by atoms with van der Waals surface area (Å²) in [4.78, 5) is 13.5. The quantitative estimate of drug-likeness (QED) is 0.652. The van der Waals surface area contributed by atoms with Crippen molar-refractivity contribution < 1.29 is 9.90 Å². The van der Waals surface area contributed by atoms with E-state index in [1.54, 1.807) is 0 Å². The predicted molar refractivity (Wildman–Crippen MR) is 49.2 cm³/mol. The second-order valence-electron chi connectivity index (χ2n) is 4.13. The van der Waals surface area contributed by atoms with Crippen LogP contribution in [0.25, 0.3) is 0 Å². The van der Waals surface area contributed by atoms with E-state index in [2.05, 4.69) is 0 Å². The summed E-state index contributed by atoms with van der Waals surface area (Å²) in [5.74, 6) is 0.646. The van der Waals surface area contributed by atoms with E-state index in [1.165, 1.54) is 6.42 Å². The first-order chi connectivity index (χ1) is 6.33. The van der Waals surface area contributed by atoms with Gasteiger partial charge in [0.05, 0.1) is 0 Å². The SMILES string of the molecule is O=C1CC[C@H](CO)[C@H]2CCCCN12. The summed E-state index contributed by atoms with van der Waals surface area (Å²) in [5.41, 5.74) is 0. The fourth-order valence-electron chi connectivity index (χ4n) is 2.61. The molecule has 0 unspecified atom stereocenters. The molecule has 0 saturated carbocycles. The molecule has 1 amide bonds. The highest BCUT2D eigenvalue weighted by molar-refractivity contribution is 5.77. The number of carbonyl (C=O) groups excluding carboxylic acids is 1. The molecule has 2 aliphatic heterocycles. The van der Waals surface area contributed by atoms with Crippen molar-refractivity contribution in [2.24, 2.45) is 5.92 Å². The molecule has 2 rings (SSSR count). The lowest BCUT2D eigenvalue weighted by atomic mass is 9.84. The second-order valence-corrected chi connectivity index (χ2v) is 4.13. The van der Waals surface area contributed by atoms with Crippen LogP contribution in [0.4, 0.5) is 0 Å². The Bertz CT molecular complexity index is 205. The highest BCUT2D eigenvalue weighted by atomic mass is 16.3. The largest absolute Gasteiger partial charge is 0.396 e. The van der Waals surface area contributed by atoms with Crippen LogP contribution in [0.15, 0.2) is 0 Å². The van der Waals surface area contributed by atoms with Gasteiger partial charge in [-0.25, -0.2) is 0 Å². The minimum Gasteiger partial charge on any atom is -0.396 e. The minimum absolute atomic E-state index is 0.244. The van der Waals surface area contributed by atoms with Crippen molar-refractivity contribution in [2.45, 2.75) is 38.1 Å². The molecule has 0 aromatic heterocycles. The Morgan fingerprint density at radius 3 is 3.00 bits per heavy atom.